The number of hydrogen-bond acceptors (Lipinski definition) is 5. The molecular formula is C57H33N5OS. The Labute approximate surface area is 369 Å². The van der Waals surface area contributed by atoms with Gasteiger partial charge in [-0.15, -0.1) is 11.3 Å². The first-order chi connectivity index (χ1) is 31.8. The predicted molar refractivity (Wildman–Crippen MR) is 265 cm³/mol. The first-order valence-corrected chi connectivity index (χ1v) is 22.3. The van der Waals surface area contributed by atoms with E-state index in [4.69, 9.17) is 19.4 Å². The van der Waals surface area contributed by atoms with E-state index in [-0.39, 0.29) is 0 Å². The predicted octanol–water partition coefficient (Wildman–Crippen LogP) is 15.3. The molecule has 0 aliphatic rings. The second-order valence-corrected chi connectivity index (χ2v) is 17.3. The number of para-hydroxylation sites is 4. The van der Waals surface area contributed by atoms with Crippen LogP contribution in [-0.4, -0.2) is 24.1 Å². The largest absolute Gasteiger partial charge is 0.455 e. The van der Waals surface area contributed by atoms with Gasteiger partial charge < -0.3 is 13.6 Å². The van der Waals surface area contributed by atoms with Crippen molar-refractivity contribution in [2.75, 3.05) is 0 Å². The number of furan rings is 1. The standard InChI is InChI=1S/C57H33N5OS/c1-4-18-34(19-5-1)55-58-56(35-20-6-2-7-21-35)60-57(59-55)41-32-33-44(54-47(41)40-27-13-17-31-46(40)64-54)62-43-29-15-11-25-38(43)49-52(62)48-37-24-10-14-28-42(37)61(36-22-8-3-9-23-36)51(48)50-39-26-12-16-30-45(39)63-53(49)50/h1-33H. The minimum atomic E-state index is 0.632. The molecule has 0 N–H and O–H groups in total. The van der Waals surface area contributed by atoms with E-state index in [1.807, 2.05) is 47.7 Å². The number of nitrogens with zero attached hydrogens (tertiary/aromatic N) is 5. The molecule has 64 heavy (non-hydrogen) atoms. The maximum atomic E-state index is 7.08. The first kappa shape index (κ1) is 35.2. The summed E-state index contributed by atoms with van der Waals surface area (Å²) in [5.74, 6) is 1.90. The molecule has 0 fully saturated rings. The Balaban J connectivity index is 1.16. The molecule has 0 saturated heterocycles. The molecule has 0 spiro atoms. The Morgan fingerprint density at radius 1 is 0.391 bits per heavy atom. The fraction of sp³-hybridized carbons (Fsp3) is 0. The molecule has 298 valence electrons. The summed E-state index contributed by atoms with van der Waals surface area (Å²) in [5.41, 5.74) is 11.2. The zero-order chi connectivity index (χ0) is 41.9. The van der Waals surface area contributed by atoms with Crippen LogP contribution in [0.15, 0.2) is 205 Å². The third-order valence-electron chi connectivity index (χ3n) is 12.7. The van der Waals surface area contributed by atoms with Crippen LogP contribution in [0.1, 0.15) is 0 Å². The maximum Gasteiger partial charge on any atom is 0.164 e. The van der Waals surface area contributed by atoms with E-state index < -0.39 is 0 Å². The van der Waals surface area contributed by atoms with Gasteiger partial charge in [0.25, 0.3) is 0 Å². The summed E-state index contributed by atoms with van der Waals surface area (Å²) >= 11 is 1.81. The molecular weight excluding hydrogens is 803 g/mol. The quantitative estimate of drug-likeness (QED) is 0.173. The highest BCUT2D eigenvalue weighted by molar-refractivity contribution is 7.26. The normalized spacial score (nSPS) is 12.1. The molecule has 5 aromatic heterocycles. The Morgan fingerprint density at radius 3 is 1.61 bits per heavy atom. The molecule has 6 nitrogen and oxygen atoms in total. The number of hydrogen-bond donors (Lipinski definition) is 0. The highest BCUT2D eigenvalue weighted by Gasteiger charge is 2.29. The third kappa shape index (κ3) is 4.98. The van der Waals surface area contributed by atoms with E-state index in [0.29, 0.717) is 17.5 Å². The van der Waals surface area contributed by atoms with Gasteiger partial charge in [0.2, 0.25) is 0 Å². The van der Waals surface area contributed by atoms with Crippen LogP contribution in [0.4, 0.5) is 0 Å². The van der Waals surface area contributed by atoms with Gasteiger partial charge in [0, 0.05) is 59.4 Å². The fourth-order valence-electron chi connectivity index (χ4n) is 10.1. The Bertz CT molecular complexity index is 4130. The van der Waals surface area contributed by atoms with Gasteiger partial charge in [-0.05, 0) is 48.5 Å². The van der Waals surface area contributed by atoms with Gasteiger partial charge in [0.15, 0.2) is 17.5 Å². The highest BCUT2D eigenvalue weighted by Crippen LogP contribution is 2.51. The van der Waals surface area contributed by atoms with E-state index >= 15 is 0 Å². The van der Waals surface area contributed by atoms with Gasteiger partial charge in [0.1, 0.15) is 11.2 Å². The van der Waals surface area contributed by atoms with E-state index in [2.05, 4.69) is 173 Å². The van der Waals surface area contributed by atoms with Crippen LogP contribution in [-0.2, 0) is 0 Å². The van der Waals surface area contributed by atoms with Crippen LogP contribution in [0.5, 0.6) is 0 Å². The van der Waals surface area contributed by atoms with Gasteiger partial charge in [-0.2, -0.15) is 0 Å². The molecule has 14 rings (SSSR count). The molecule has 7 heteroatoms. The molecule has 0 unspecified atom stereocenters. The average Bonchev–Trinajstić information content (AvgIpc) is 4.13. The van der Waals surface area contributed by atoms with Crippen molar-refractivity contribution in [3.63, 3.8) is 0 Å². The van der Waals surface area contributed by atoms with E-state index in [1.54, 1.807) is 0 Å². The molecule has 0 aliphatic heterocycles. The Kier molecular flexibility index (Phi) is 7.46. The Morgan fingerprint density at radius 2 is 0.906 bits per heavy atom. The van der Waals surface area contributed by atoms with E-state index in [0.717, 1.165) is 98.3 Å². The minimum absolute atomic E-state index is 0.632. The second-order valence-electron chi connectivity index (χ2n) is 16.3. The van der Waals surface area contributed by atoms with Crippen LogP contribution in [0, 0.1) is 0 Å². The Hall–Kier alpha value is -8.39. The lowest BCUT2D eigenvalue weighted by Gasteiger charge is -2.14. The van der Waals surface area contributed by atoms with Crippen molar-refractivity contribution in [3.05, 3.63) is 200 Å². The number of aromatic nitrogens is 5. The molecule has 0 atom stereocenters. The van der Waals surface area contributed by atoms with Crippen molar-refractivity contribution < 1.29 is 4.42 Å². The average molecular weight is 836 g/mol. The van der Waals surface area contributed by atoms with Crippen molar-refractivity contribution in [2.45, 2.75) is 0 Å². The lowest BCUT2D eigenvalue weighted by atomic mass is 10.0. The van der Waals surface area contributed by atoms with Crippen LogP contribution >= 0.6 is 11.3 Å². The number of thiophene rings is 1. The van der Waals surface area contributed by atoms with Gasteiger partial charge in [0.05, 0.1) is 43.2 Å². The molecule has 14 aromatic rings. The summed E-state index contributed by atoms with van der Waals surface area (Å²) in [6, 6.07) is 70.4. The molecule has 0 saturated carbocycles. The zero-order valence-electron chi connectivity index (χ0n) is 34.1. The molecule has 0 radical (unpaired) electrons. The number of benzene rings is 9. The number of rotatable bonds is 5. The summed E-state index contributed by atoms with van der Waals surface area (Å²) in [4.78, 5) is 15.5. The van der Waals surface area contributed by atoms with Crippen molar-refractivity contribution in [1.82, 2.24) is 24.1 Å². The van der Waals surface area contributed by atoms with Crippen LogP contribution in [0.2, 0.25) is 0 Å². The number of fused-ring (bicyclic) bond motifs is 15. The molecule has 0 bridgehead atoms. The van der Waals surface area contributed by atoms with Gasteiger partial charge >= 0.3 is 0 Å². The van der Waals surface area contributed by atoms with E-state index in [9.17, 15) is 0 Å². The van der Waals surface area contributed by atoms with Gasteiger partial charge in [-0.3, -0.25) is 0 Å². The van der Waals surface area contributed by atoms with Crippen molar-refractivity contribution in [2.24, 2.45) is 0 Å². The van der Waals surface area contributed by atoms with Crippen molar-refractivity contribution >= 4 is 97.1 Å². The summed E-state index contributed by atoms with van der Waals surface area (Å²) < 4.78 is 14.4. The summed E-state index contributed by atoms with van der Waals surface area (Å²) in [6.45, 7) is 0. The highest BCUT2D eigenvalue weighted by atomic mass is 32.1. The van der Waals surface area contributed by atoms with Crippen molar-refractivity contribution in [1.29, 1.82) is 0 Å². The molecule has 9 aromatic carbocycles. The topological polar surface area (TPSA) is 61.7 Å². The second kappa shape index (κ2) is 13.6. The fourth-order valence-corrected chi connectivity index (χ4v) is 11.3. The van der Waals surface area contributed by atoms with E-state index in [1.165, 1.54) is 15.5 Å². The lowest BCUT2D eigenvalue weighted by Crippen LogP contribution is -2.01. The van der Waals surface area contributed by atoms with Crippen molar-refractivity contribution in [3.8, 4) is 45.5 Å². The zero-order valence-corrected chi connectivity index (χ0v) is 34.9. The molecule has 5 heterocycles. The first-order valence-electron chi connectivity index (χ1n) is 21.5. The summed E-state index contributed by atoms with van der Waals surface area (Å²) in [5, 5.41) is 9.08. The maximum absolute atomic E-state index is 7.08. The summed E-state index contributed by atoms with van der Waals surface area (Å²) in [7, 11) is 0. The van der Waals surface area contributed by atoms with Crippen LogP contribution in [0.3, 0.4) is 0 Å². The summed E-state index contributed by atoms with van der Waals surface area (Å²) in [6.07, 6.45) is 0. The minimum Gasteiger partial charge on any atom is -0.455 e. The monoisotopic (exact) mass is 835 g/mol. The van der Waals surface area contributed by atoms with Gasteiger partial charge in [-0.1, -0.05) is 152 Å². The SMILES string of the molecule is c1ccc(-c2nc(-c3ccccc3)nc(-c3ccc(-n4c5ccccc5c5c6oc7ccccc7c6c6c(c7ccccc7n6-c6ccccc6)c54)c4sc5ccccc5c34)n2)cc1. The lowest BCUT2D eigenvalue weighted by molar-refractivity contribution is 0.673. The van der Waals surface area contributed by atoms with Crippen LogP contribution < -0.4 is 0 Å². The molecule has 0 aliphatic carbocycles. The smallest absolute Gasteiger partial charge is 0.164 e. The van der Waals surface area contributed by atoms with Crippen LogP contribution in [0.25, 0.3) is 131 Å². The van der Waals surface area contributed by atoms with Gasteiger partial charge in [-0.25, -0.2) is 15.0 Å². The third-order valence-corrected chi connectivity index (χ3v) is 13.9. The molecule has 0 amide bonds.